The number of hydrogen-bond acceptors (Lipinski definition) is 3. The number of nitrogens with two attached hydrogens (primary N) is 1. The van der Waals surface area contributed by atoms with Crippen LogP contribution in [0.3, 0.4) is 0 Å². The van der Waals surface area contributed by atoms with E-state index in [-0.39, 0.29) is 5.69 Å². The fraction of sp³-hybridized carbons (Fsp3) is 0.0769. The lowest BCUT2D eigenvalue weighted by Gasteiger charge is -2.08. The van der Waals surface area contributed by atoms with Crippen molar-refractivity contribution < 1.29 is 17.2 Å². The summed E-state index contributed by atoms with van der Waals surface area (Å²) in [5.41, 5.74) is 6.17. The average molecular weight is 318 g/mol. The molecule has 0 aliphatic carbocycles. The van der Waals surface area contributed by atoms with Crippen LogP contribution in [0.25, 0.3) is 0 Å². The van der Waals surface area contributed by atoms with Gasteiger partial charge in [-0.3, -0.25) is 0 Å². The van der Waals surface area contributed by atoms with Crippen LogP contribution in [0.5, 0.6) is 0 Å². The molecule has 0 amide bonds. The third-order valence-electron chi connectivity index (χ3n) is 2.68. The van der Waals surface area contributed by atoms with Gasteiger partial charge in [-0.25, -0.2) is 17.2 Å². The molecule has 0 heterocycles. The summed E-state index contributed by atoms with van der Waals surface area (Å²) in [6.45, 7) is 0. The van der Waals surface area contributed by atoms with Crippen molar-refractivity contribution in [3.8, 4) is 0 Å². The van der Waals surface area contributed by atoms with E-state index in [0.29, 0.717) is 16.7 Å². The maximum absolute atomic E-state index is 13.5. The first-order valence-electron chi connectivity index (χ1n) is 5.51. The van der Waals surface area contributed by atoms with E-state index in [0.717, 1.165) is 12.1 Å². The molecule has 2 aromatic carbocycles. The van der Waals surface area contributed by atoms with Crippen molar-refractivity contribution in [1.82, 2.24) is 0 Å². The third kappa shape index (κ3) is 3.08. The predicted octanol–water partition coefficient (Wildman–Crippen LogP) is 3.17. The number of benzene rings is 2. The van der Waals surface area contributed by atoms with Gasteiger partial charge in [0.1, 0.15) is 16.5 Å². The van der Waals surface area contributed by atoms with Gasteiger partial charge in [0.2, 0.25) is 0 Å². The Bertz CT molecular complexity index is 763. The van der Waals surface area contributed by atoms with E-state index in [1.54, 1.807) is 0 Å². The fourth-order valence-corrected chi connectivity index (χ4v) is 3.35. The molecule has 0 aliphatic heterocycles. The van der Waals surface area contributed by atoms with Gasteiger partial charge < -0.3 is 5.73 Å². The van der Waals surface area contributed by atoms with Crippen LogP contribution in [0, 0.1) is 11.6 Å². The molecule has 0 radical (unpaired) electrons. The first kappa shape index (κ1) is 14.7. The van der Waals surface area contributed by atoms with Crippen molar-refractivity contribution in [2.45, 2.75) is 10.6 Å². The normalized spacial score (nSPS) is 11.6. The summed E-state index contributed by atoms with van der Waals surface area (Å²) < 4.78 is 50.6. The standard InChI is InChI=1S/C13H10ClF2NO2S/c14-9-2-1-8(12(17)5-9)7-20(18,19)13-4-3-10(15)6-11(13)16/h1-6H,7,17H2. The third-order valence-corrected chi connectivity index (χ3v) is 4.61. The molecule has 2 N–H and O–H groups in total. The molecule has 0 saturated carbocycles. The predicted molar refractivity (Wildman–Crippen MR) is 73.1 cm³/mol. The van der Waals surface area contributed by atoms with Crippen LogP contribution in [0.1, 0.15) is 5.56 Å². The van der Waals surface area contributed by atoms with Crippen molar-refractivity contribution in [3.63, 3.8) is 0 Å². The highest BCUT2D eigenvalue weighted by Crippen LogP contribution is 2.25. The average Bonchev–Trinajstić information content (AvgIpc) is 2.32. The molecule has 0 unspecified atom stereocenters. The first-order valence-corrected chi connectivity index (χ1v) is 7.54. The molecular formula is C13H10ClF2NO2S. The number of sulfone groups is 1. The van der Waals surface area contributed by atoms with Crippen LogP contribution in [0.2, 0.25) is 5.02 Å². The molecule has 2 rings (SSSR count). The Morgan fingerprint density at radius 2 is 1.80 bits per heavy atom. The number of rotatable bonds is 3. The summed E-state index contributed by atoms with van der Waals surface area (Å²) in [6, 6.07) is 6.67. The van der Waals surface area contributed by atoms with Gasteiger partial charge >= 0.3 is 0 Å². The van der Waals surface area contributed by atoms with Gasteiger partial charge in [0, 0.05) is 16.8 Å². The van der Waals surface area contributed by atoms with Crippen molar-refractivity contribution in [2.24, 2.45) is 0 Å². The van der Waals surface area contributed by atoms with Gasteiger partial charge in [-0.1, -0.05) is 17.7 Å². The quantitative estimate of drug-likeness (QED) is 0.698. The zero-order valence-electron chi connectivity index (χ0n) is 10.1. The van der Waals surface area contributed by atoms with Crippen molar-refractivity contribution in [2.75, 3.05) is 5.73 Å². The largest absolute Gasteiger partial charge is 0.398 e. The van der Waals surface area contributed by atoms with Gasteiger partial charge in [-0.05, 0) is 29.8 Å². The van der Waals surface area contributed by atoms with E-state index in [2.05, 4.69) is 0 Å². The van der Waals surface area contributed by atoms with Crippen LogP contribution >= 0.6 is 11.6 Å². The molecule has 3 nitrogen and oxygen atoms in total. The van der Waals surface area contributed by atoms with Gasteiger partial charge in [0.15, 0.2) is 9.84 Å². The Morgan fingerprint density at radius 1 is 1.10 bits per heavy atom. The van der Waals surface area contributed by atoms with Crippen LogP contribution in [0.15, 0.2) is 41.3 Å². The first-order chi connectivity index (χ1) is 9.29. The Hall–Kier alpha value is -1.66. The molecule has 106 valence electrons. The van der Waals surface area contributed by atoms with Crippen molar-refractivity contribution >= 4 is 27.1 Å². The minimum atomic E-state index is -3.96. The Morgan fingerprint density at radius 3 is 2.40 bits per heavy atom. The molecule has 0 bridgehead atoms. The lowest BCUT2D eigenvalue weighted by molar-refractivity contribution is 0.549. The van der Waals surface area contributed by atoms with Crippen LogP contribution < -0.4 is 5.73 Å². The van der Waals surface area contributed by atoms with Crippen LogP contribution in [-0.2, 0) is 15.6 Å². The second-order valence-electron chi connectivity index (χ2n) is 4.18. The zero-order valence-corrected chi connectivity index (χ0v) is 11.7. The monoisotopic (exact) mass is 317 g/mol. The molecular weight excluding hydrogens is 308 g/mol. The lowest BCUT2D eigenvalue weighted by atomic mass is 10.2. The highest BCUT2D eigenvalue weighted by Gasteiger charge is 2.21. The highest BCUT2D eigenvalue weighted by molar-refractivity contribution is 7.90. The summed E-state index contributed by atoms with van der Waals surface area (Å²) in [6.07, 6.45) is 0. The minimum Gasteiger partial charge on any atom is -0.398 e. The number of anilines is 1. The summed E-state index contributed by atoms with van der Waals surface area (Å²) in [7, 11) is -3.96. The molecule has 0 aromatic heterocycles. The summed E-state index contributed by atoms with van der Waals surface area (Å²) >= 11 is 5.72. The van der Waals surface area contributed by atoms with Crippen LogP contribution in [-0.4, -0.2) is 8.42 Å². The molecule has 7 heteroatoms. The van der Waals surface area contributed by atoms with Crippen molar-refractivity contribution in [1.29, 1.82) is 0 Å². The van der Waals surface area contributed by atoms with E-state index >= 15 is 0 Å². The van der Waals surface area contributed by atoms with Crippen molar-refractivity contribution in [3.05, 3.63) is 58.6 Å². The second-order valence-corrected chi connectivity index (χ2v) is 6.57. The number of halogens is 3. The highest BCUT2D eigenvalue weighted by atomic mass is 35.5. The zero-order chi connectivity index (χ0) is 14.9. The van der Waals surface area contributed by atoms with E-state index < -0.39 is 32.1 Å². The number of hydrogen-bond donors (Lipinski definition) is 1. The topological polar surface area (TPSA) is 60.2 Å². The van der Waals surface area contributed by atoms with E-state index in [4.69, 9.17) is 17.3 Å². The van der Waals surface area contributed by atoms with E-state index in [9.17, 15) is 17.2 Å². The van der Waals surface area contributed by atoms with Gasteiger partial charge in [-0.15, -0.1) is 0 Å². The van der Waals surface area contributed by atoms with Crippen LogP contribution in [0.4, 0.5) is 14.5 Å². The SMILES string of the molecule is Nc1cc(Cl)ccc1CS(=O)(=O)c1ccc(F)cc1F. The Balaban J connectivity index is 2.41. The summed E-state index contributed by atoms with van der Waals surface area (Å²) in [5, 5.41) is 0.372. The Labute approximate surface area is 119 Å². The molecule has 0 saturated heterocycles. The molecule has 2 aromatic rings. The molecule has 20 heavy (non-hydrogen) atoms. The summed E-state index contributed by atoms with van der Waals surface area (Å²) in [5.74, 6) is -2.46. The van der Waals surface area contributed by atoms with E-state index in [1.807, 2.05) is 0 Å². The summed E-state index contributed by atoms with van der Waals surface area (Å²) in [4.78, 5) is -0.562. The Kier molecular flexibility index (Phi) is 3.96. The van der Waals surface area contributed by atoms with Gasteiger partial charge in [-0.2, -0.15) is 0 Å². The second kappa shape index (κ2) is 5.38. The molecule has 0 spiro atoms. The maximum atomic E-state index is 13.5. The lowest BCUT2D eigenvalue weighted by Crippen LogP contribution is -2.09. The van der Waals surface area contributed by atoms with Gasteiger partial charge in [0.05, 0.1) is 5.75 Å². The molecule has 0 atom stereocenters. The fourth-order valence-electron chi connectivity index (χ4n) is 1.71. The smallest absolute Gasteiger partial charge is 0.185 e. The molecule has 0 aliphatic rings. The maximum Gasteiger partial charge on any atom is 0.185 e. The van der Waals surface area contributed by atoms with Gasteiger partial charge in [0.25, 0.3) is 0 Å². The van der Waals surface area contributed by atoms with E-state index in [1.165, 1.54) is 18.2 Å². The minimum absolute atomic E-state index is 0.198. The number of nitrogen functional groups attached to an aromatic ring is 1. The molecule has 0 fully saturated rings.